The van der Waals surface area contributed by atoms with Gasteiger partial charge in [0.05, 0.1) is 17.2 Å². The molecule has 0 amide bonds. The number of aryl methyl sites for hydroxylation is 1. The van der Waals surface area contributed by atoms with Gasteiger partial charge in [-0.25, -0.2) is 0 Å². The van der Waals surface area contributed by atoms with E-state index in [4.69, 9.17) is 0 Å². The molecule has 1 saturated carbocycles. The first-order chi connectivity index (χ1) is 8.07. The summed E-state index contributed by atoms with van der Waals surface area (Å²) >= 11 is 0. The van der Waals surface area contributed by atoms with Crippen LogP contribution in [0.3, 0.4) is 0 Å². The van der Waals surface area contributed by atoms with E-state index < -0.39 is 11.5 Å². The molecule has 0 bridgehead atoms. The lowest BCUT2D eigenvalue weighted by atomic mass is 9.79. The number of hydrogen-bond acceptors (Lipinski definition) is 3. The largest absolute Gasteiger partial charge is 0.385 e. The lowest BCUT2D eigenvalue weighted by molar-refractivity contribution is 0.0610. The molecule has 1 N–H and O–H groups in total. The molecule has 0 radical (unpaired) electrons. The standard InChI is InChI=1S/C14H18N2O/c1-10-5-6-14(7-10,9-15)13(17)12-4-3-11(2)8-16-12/h3-4,8,10,13,17H,5-7H2,1-2H3. The minimum atomic E-state index is -0.766. The van der Waals surface area contributed by atoms with Crippen molar-refractivity contribution in [2.45, 2.75) is 39.2 Å². The van der Waals surface area contributed by atoms with Crippen molar-refractivity contribution in [3.05, 3.63) is 29.6 Å². The molecule has 3 unspecified atom stereocenters. The molecule has 3 nitrogen and oxygen atoms in total. The summed E-state index contributed by atoms with van der Waals surface area (Å²) in [6.45, 7) is 4.09. The van der Waals surface area contributed by atoms with E-state index in [9.17, 15) is 10.4 Å². The Morgan fingerprint density at radius 3 is 2.82 bits per heavy atom. The minimum absolute atomic E-state index is 0.509. The third-order valence-electron chi connectivity index (χ3n) is 3.76. The summed E-state index contributed by atoms with van der Waals surface area (Å²) in [5, 5.41) is 19.8. The highest BCUT2D eigenvalue weighted by Crippen LogP contribution is 2.49. The topological polar surface area (TPSA) is 56.9 Å². The number of aliphatic hydroxyl groups excluding tert-OH is 1. The first-order valence-electron chi connectivity index (χ1n) is 6.09. The minimum Gasteiger partial charge on any atom is -0.385 e. The number of pyridine rings is 1. The Morgan fingerprint density at radius 1 is 1.59 bits per heavy atom. The van der Waals surface area contributed by atoms with E-state index in [1.54, 1.807) is 6.20 Å². The van der Waals surface area contributed by atoms with Crippen LogP contribution in [0.5, 0.6) is 0 Å². The van der Waals surface area contributed by atoms with Crippen molar-refractivity contribution in [2.75, 3.05) is 0 Å². The van der Waals surface area contributed by atoms with Gasteiger partial charge in [-0.2, -0.15) is 5.26 Å². The SMILES string of the molecule is Cc1ccc(C(O)C2(C#N)CCC(C)C2)nc1. The van der Waals surface area contributed by atoms with Crippen LogP contribution in [0.2, 0.25) is 0 Å². The fraction of sp³-hybridized carbons (Fsp3) is 0.571. The van der Waals surface area contributed by atoms with E-state index in [0.717, 1.165) is 24.8 Å². The highest BCUT2D eigenvalue weighted by Gasteiger charge is 2.45. The Labute approximate surface area is 102 Å². The van der Waals surface area contributed by atoms with Crippen LogP contribution in [-0.4, -0.2) is 10.1 Å². The van der Waals surface area contributed by atoms with E-state index in [1.807, 2.05) is 19.1 Å². The molecule has 2 rings (SSSR count). The van der Waals surface area contributed by atoms with Gasteiger partial charge >= 0.3 is 0 Å². The molecule has 0 saturated heterocycles. The van der Waals surface area contributed by atoms with E-state index in [1.165, 1.54) is 0 Å². The van der Waals surface area contributed by atoms with Gasteiger partial charge in [-0.1, -0.05) is 13.0 Å². The molecule has 1 fully saturated rings. The summed E-state index contributed by atoms with van der Waals surface area (Å²) in [7, 11) is 0. The maximum absolute atomic E-state index is 10.4. The molecule has 3 heteroatoms. The van der Waals surface area contributed by atoms with Gasteiger partial charge in [0.15, 0.2) is 0 Å². The predicted octanol–water partition coefficient (Wildman–Crippen LogP) is 2.75. The Bertz CT molecular complexity index is 435. The second-order valence-corrected chi connectivity index (χ2v) is 5.28. The molecule has 1 aliphatic carbocycles. The molecule has 0 spiro atoms. The van der Waals surface area contributed by atoms with Crippen molar-refractivity contribution in [1.82, 2.24) is 4.98 Å². The summed E-state index contributed by atoms with van der Waals surface area (Å²) in [4.78, 5) is 4.24. The number of nitriles is 1. The van der Waals surface area contributed by atoms with Crippen LogP contribution in [0, 0.1) is 29.6 Å². The molecule has 90 valence electrons. The smallest absolute Gasteiger partial charge is 0.114 e. The van der Waals surface area contributed by atoms with Crippen molar-refractivity contribution in [2.24, 2.45) is 11.3 Å². The molecular weight excluding hydrogens is 212 g/mol. The van der Waals surface area contributed by atoms with Crippen molar-refractivity contribution < 1.29 is 5.11 Å². The second kappa shape index (κ2) is 4.46. The zero-order valence-electron chi connectivity index (χ0n) is 10.3. The van der Waals surface area contributed by atoms with Crippen LogP contribution in [0.1, 0.15) is 43.5 Å². The van der Waals surface area contributed by atoms with Gasteiger partial charge < -0.3 is 5.11 Å². The number of rotatable bonds is 2. The van der Waals surface area contributed by atoms with Gasteiger partial charge in [-0.05, 0) is 43.7 Å². The number of aliphatic hydroxyl groups is 1. The fourth-order valence-corrected chi connectivity index (χ4v) is 2.67. The van der Waals surface area contributed by atoms with Gasteiger partial charge in [-0.15, -0.1) is 0 Å². The Kier molecular flexibility index (Phi) is 3.17. The zero-order chi connectivity index (χ0) is 12.5. The van der Waals surface area contributed by atoms with Crippen LogP contribution in [-0.2, 0) is 0 Å². The maximum Gasteiger partial charge on any atom is 0.114 e. The van der Waals surface area contributed by atoms with Crippen molar-refractivity contribution in [3.8, 4) is 6.07 Å². The van der Waals surface area contributed by atoms with Gasteiger partial charge in [0, 0.05) is 6.20 Å². The molecule has 17 heavy (non-hydrogen) atoms. The van der Waals surface area contributed by atoms with E-state index in [0.29, 0.717) is 11.6 Å². The predicted molar refractivity (Wildman–Crippen MR) is 65.0 cm³/mol. The average Bonchev–Trinajstić information content (AvgIpc) is 2.72. The van der Waals surface area contributed by atoms with E-state index in [2.05, 4.69) is 18.0 Å². The molecule has 0 aromatic carbocycles. The highest BCUT2D eigenvalue weighted by atomic mass is 16.3. The highest BCUT2D eigenvalue weighted by molar-refractivity contribution is 5.20. The number of nitrogens with zero attached hydrogens (tertiary/aromatic N) is 2. The maximum atomic E-state index is 10.4. The quantitative estimate of drug-likeness (QED) is 0.849. The van der Waals surface area contributed by atoms with Gasteiger partial charge in [0.25, 0.3) is 0 Å². The molecular formula is C14H18N2O. The van der Waals surface area contributed by atoms with Crippen LogP contribution >= 0.6 is 0 Å². The first-order valence-corrected chi connectivity index (χ1v) is 6.09. The molecule has 1 heterocycles. The summed E-state index contributed by atoms with van der Waals surface area (Å²) in [5.41, 5.74) is 1.04. The molecule has 1 aromatic rings. The third-order valence-corrected chi connectivity index (χ3v) is 3.76. The summed E-state index contributed by atoms with van der Waals surface area (Å²) in [5.74, 6) is 0.509. The third kappa shape index (κ3) is 2.18. The van der Waals surface area contributed by atoms with Gasteiger partial charge in [-0.3, -0.25) is 4.98 Å². The summed E-state index contributed by atoms with van der Waals surface area (Å²) in [6.07, 6.45) is 3.51. The van der Waals surface area contributed by atoms with Gasteiger partial charge in [0.1, 0.15) is 6.10 Å². The Morgan fingerprint density at radius 2 is 2.35 bits per heavy atom. The van der Waals surface area contributed by atoms with Crippen LogP contribution in [0.15, 0.2) is 18.3 Å². The average molecular weight is 230 g/mol. The Hall–Kier alpha value is -1.40. The second-order valence-electron chi connectivity index (χ2n) is 5.28. The number of hydrogen-bond donors (Lipinski definition) is 1. The van der Waals surface area contributed by atoms with Crippen LogP contribution < -0.4 is 0 Å². The zero-order valence-corrected chi connectivity index (χ0v) is 10.3. The van der Waals surface area contributed by atoms with Crippen LogP contribution in [0.4, 0.5) is 0 Å². The molecule has 1 aromatic heterocycles. The Balaban J connectivity index is 2.27. The van der Waals surface area contributed by atoms with Crippen molar-refractivity contribution in [3.63, 3.8) is 0 Å². The van der Waals surface area contributed by atoms with Crippen molar-refractivity contribution >= 4 is 0 Å². The van der Waals surface area contributed by atoms with Crippen LogP contribution in [0.25, 0.3) is 0 Å². The molecule has 0 aliphatic heterocycles. The molecule has 1 aliphatic rings. The summed E-state index contributed by atoms with van der Waals surface area (Å²) < 4.78 is 0. The summed E-state index contributed by atoms with van der Waals surface area (Å²) in [6, 6.07) is 6.08. The van der Waals surface area contributed by atoms with E-state index >= 15 is 0 Å². The first kappa shape index (κ1) is 12.1. The van der Waals surface area contributed by atoms with Gasteiger partial charge in [0.2, 0.25) is 0 Å². The van der Waals surface area contributed by atoms with E-state index in [-0.39, 0.29) is 0 Å². The van der Waals surface area contributed by atoms with Crippen molar-refractivity contribution in [1.29, 1.82) is 5.26 Å². The number of aromatic nitrogens is 1. The lowest BCUT2D eigenvalue weighted by Crippen LogP contribution is -2.25. The normalized spacial score (nSPS) is 29.9. The monoisotopic (exact) mass is 230 g/mol. The molecule has 3 atom stereocenters. The fourth-order valence-electron chi connectivity index (χ4n) is 2.67. The lowest BCUT2D eigenvalue weighted by Gasteiger charge is -2.26.